The minimum Gasteiger partial charge on any atom is -0.495 e. The summed E-state index contributed by atoms with van der Waals surface area (Å²) >= 11 is 6.07. The van der Waals surface area contributed by atoms with Gasteiger partial charge in [-0.25, -0.2) is 0 Å². The zero-order valence-corrected chi connectivity index (χ0v) is 12.8. The number of amides is 1. The van der Waals surface area contributed by atoms with Crippen LogP contribution >= 0.6 is 11.6 Å². The van der Waals surface area contributed by atoms with Gasteiger partial charge in [0.15, 0.2) is 0 Å². The van der Waals surface area contributed by atoms with Gasteiger partial charge in [0.2, 0.25) is 5.91 Å². The van der Waals surface area contributed by atoms with Gasteiger partial charge in [-0.2, -0.15) is 0 Å². The standard InChI is InChI=1S/C16H18ClNO3/c1-20-14-8-13(15(21-2)7-12(14)17)18-16(19)11-6-9-3-4-10(11)5-9/h3-4,7-11H,5-6H2,1-2H3,(H,18,19). The van der Waals surface area contributed by atoms with Crippen molar-refractivity contribution in [3.05, 3.63) is 29.3 Å². The first kappa shape index (κ1) is 14.3. The lowest BCUT2D eigenvalue weighted by Gasteiger charge is -2.19. The van der Waals surface area contributed by atoms with Crippen LogP contribution in [0.3, 0.4) is 0 Å². The summed E-state index contributed by atoms with van der Waals surface area (Å²) < 4.78 is 10.5. The average Bonchev–Trinajstić information content (AvgIpc) is 3.11. The molecule has 0 aliphatic heterocycles. The van der Waals surface area contributed by atoms with Gasteiger partial charge in [-0.3, -0.25) is 4.79 Å². The molecule has 4 nitrogen and oxygen atoms in total. The zero-order chi connectivity index (χ0) is 15.0. The summed E-state index contributed by atoms with van der Waals surface area (Å²) in [5.74, 6) is 2.07. The number of anilines is 1. The molecule has 3 rings (SSSR count). The van der Waals surface area contributed by atoms with E-state index in [0.717, 1.165) is 12.8 Å². The lowest BCUT2D eigenvalue weighted by Crippen LogP contribution is -2.26. The molecule has 3 atom stereocenters. The van der Waals surface area contributed by atoms with Crippen molar-refractivity contribution in [2.24, 2.45) is 17.8 Å². The number of hydrogen-bond donors (Lipinski definition) is 1. The van der Waals surface area contributed by atoms with Crippen molar-refractivity contribution in [1.29, 1.82) is 0 Å². The van der Waals surface area contributed by atoms with Crippen LogP contribution in [0.1, 0.15) is 12.8 Å². The number of carbonyl (C=O) groups is 1. The van der Waals surface area contributed by atoms with Crippen molar-refractivity contribution >= 4 is 23.2 Å². The van der Waals surface area contributed by atoms with Crippen LogP contribution in [0.4, 0.5) is 5.69 Å². The number of allylic oxidation sites excluding steroid dienone is 2. The number of hydrogen-bond acceptors (Lipinski definition) is 3. The molecule has 1 saturated carbocycles. The van der Waals surface area contributed by atoms with E-state index in [0.29, 0.717) is 34.0 Å². The van der Waals surface area contributed by atoms with E-state index in [1.807, 2.05) is 0 Å². The summed E-state index contributed by atoms with van der Waals surface area (Å²) in [5, 5.41) is 3.41. The zero-order valence-electron chi connectivity index (χ0n) is 12.1. The second kappa shape index (κ2) is 5.60. The number of halogens is 1. The predicted octanol–water partition coefficient (Wildman–Crippen LogP) is 3.51. The topological polar surface area (TPSA) is 47.6 Å². The molecule has 3 unspecified atom stereocenters. The monoisotopic (exact) mass is 307 g/mol. The third-order valence-electron chi connectivity index (χ3n) is 4.35. The molecular weight excluding hydrogens is 290 g/mol. The molecule has 112 valence electrons. The van der Waals surface area contributed by atoms with E-state index in [2.05, 4.69) is 17.5 Å². The minimum absolute atomic E-state index is 0.0366. The van der Waals surface area contributed by atoms with Crippen molar-refractivity contribution in [1.82, 2.24) is 0 Å². The molecular formula is C16H18ClNO3. The molecule has 2 bridgehead atoms. The summed E-state index contributed by atoms with van der Waals surface area (Å²) in [7, 11) is 3.09. The van der Waals surface area contributed by atoms with Crippen molar-refractivity contribution in [3.63, 3.8) is 0 Å². The Morgan fingerprint density at radius 2 is 1.95 bits per heavy atom. The molecule has 2 aliphatic rings. The molecule has 5 heteroatoms. The predicted molar refractivity (Wildman–Crippen MR) is 82.0 cm³/mol. The molecule has 21 heavy (non-hydrogen) atoms. The Labute approximate surface area is 129 Å². The van der Waals surface area contributed by atoms with Gasteiger partial charge < -0.3 is 14.8 Å². The Morgan fingerprint density at radius 3 is 2.52 bits per heavy atom. The van der Waals surface area contributed by atoms with Crippen LogP contribution in [0.15, 0.2) is 24.3 Å². The summed E-state index contributed by atoms with van der Waals surface area (Å²) in [6.07, 6.45) is 6.41. The quantitative estimate of drug-likeness (QED) is 0.866. The van der Waals surface area contributed by atoms with Gasteiger partial charge in [-0.05, 0) is 24.7 Å². The number of fused-ring (bicyclic) bond motifs is 2. The van der Waals surface area contributed by atoms with E-state index in [-0.39, 0.29) is 11.8 Å². The maximum Gasteiger partial charge on any atom is 0.228 e. The van der Waals surface area contributed by atoms with Crippen LogP contribution in [0.2, 0.25) is 5.02 Å². The number of rotatable bonds is 4. The van der Waals surface area contributed by atoms with Crippen molar-refractivity contribution in [2.75, 3.05) is 19.5 Å². The summed E-state index contributed by atoms with van der Waals surface area (Å²) in [6.45, 7) is 0. The smallest absolute Gasteiger partial charge is 0.228 e. The lowest BCUT2D eigenvalue weighted by atomic mass is 9.93. The second-order valence-electron chi connectivity index (χ2n) is 5.56. The van der Waals surface area contributed by atoms with E-state index in [1.165, 1.54) is 0 Å². The highest BCUT2D eigenvalue weighted by Gasteiger charge is 2.39. The highest BCUT2D eigenvalue weighted by molar-refractivity contribution is 6.32. The third-order valence-corrected chi connectivity index (χ3v) is 4.64. The molecule has 1 amide bonds. The number of nitrogens with one attached hydrogen (secondary N) is 1. The molecule has 2 aliphatic carbocycles. The fraction of sp³-hybridized carbons (Fsp3) is 0.438. The van der Waals surface area contributed by atoms with Gasteiger partial charge in [-0.1, -0.05) is 23.8 Å². The molecule has 0 heterocycles. The summed E-state index contributed by atoms with van der Waals surface area (Å²) in [4.78, 5) is 12.5. The molecule has 0 spiro atoms. The van der Waals surface area contributed by atoms with Gasteiger partial charge in [-0.15, -0.1) is 0 Å². The first-order valence-corrected chi connectivity index (χ1v) is 7.41. The fourth-order valence-electron chi connectivity index (χ4n) is 3.27. The van der Waals surface area contributed by atoms with Crippen LogP contribution in [-0.4, -0.2) is 20.1 Å². The second-order valence-corrected chi connectivity index (χ2v) is 5.97. The Kier molecular flexibility index (Phi) is 3.81. The number of benzene rings is 1. The van der Waals surface area contributed by atoms with Crippen LogP contribution in [-0.2, 0) is 4.79 Å². The third kappa shape index (κ3) is 2.60. The average molecular weight is 308 g/mol. The Bertz CT molecular complexity index is 599. The normalized spacial score (nSPS) is 26.0. The van der Waals surface area contributed by atoms with Crippen molar-refractivity contribution in [2.45, 2.75) is 12.8 Å². The largest absolute Gasteiger partial charge is 0.495 e. The minimum atomic E-state index is 0.0366. The van der Waals surface area contributed by atoms with E-state index >= 15 is 0 Å². The highest BCUT2D eigenvalue weighted by Crippen LogP contribution is 2.44. The molecule has 1 N–H and O–H groups in total. The molecule has 1 fully saturated rings. The highest BCUT2D eigenvalue weighted by atomic mass is 35.5. The number of methoxy groups -OCH3 is 2. The Morgan fingerprint density at radius 1 is 1.19 bits per heavy atom. The van der Waals surface area contributed by atoms with Crippen LogP contribution in [0.5, 0.6) is 11.5 Å². The van der Waals surface area contributed by atoms with Gasteiger partial charge in [0.05, 0.1) is 24.9 Å². The van der Waals surface area contributed by atoms with Gasteiger partial charge in [0.1, 0.15) is 11.5 Å². The molecule has 1 aromatic rings. The summed E-state index contributed by atoms with van der Waals surface area (Å²) in [6, 6.07) is 3.35. The van der Waals surface area contributed by atoms with Gasteiger partial charge in [0, 0.05) is 18.1 Å². The summed E-state index contributed by atoms with van der Waals surface area (Å²) in [5.41, 5.74) is 0.593. The van der Waals surface area contributed by atoms with Crippen molar-refractivity contribution < 1.29 is 14.3 Å². The first-order valence-electron chi connectivity index (χ1n) is 7.03. The van der Waals surface area contributed by atoms with Crippen LogP contribution in [0.25, 0.3) is 0 Å². The van der Waals surface area contributed by atoms with Gasteiger partial charge in [0.25, 0.3) is 0 Å². The van der Waals surface area contributed by atoms with Crippen LogP contribution in [0, 0.1) is 17.8 Å². The van der Waals surface area contributed by atoms with E-state index in [1.54, 1.807) is 26.4 Å². The van der Waals surface area contributed by atoms with Crippen molar-refractivity contribution in [3.8, 4) is 11.5 Å². The number of carbonyl (C=O) groups excluding carboxylic acids is 1. The lowest BCUT2D eigenvalue weighted by molar-refractivity contribution is -0.120. The maximum atomic E-state index is 12.5. The van der Waals surface area contributed by atoms with E-state index in [4.69, 9.17) is 21.1 Å². The Hall–Kier alpha value is -1.68. The van der Waals surface area contributed by atoms with E-state index in [9.17, 15) is 4.79 Å². The molecule has 0 radical (unpaired) electrons. The van der Waals surface area contributed by atoms with E-state index < -0.39 is 0 Å². The van der Waals surface area contributed by atoms with Crippen LogP contribution < -0.4 is 14.8 Å². The number of ether oxygens (including phenoxy) is 2. The molecule has 0 saturated heterocycles. The Balaban J connectivity index is 1.80. The molecule has 1 aromatic carbocycles. The first-order chi connectivity index (χ1) is 10.1. The SMILES string of the molecule is COc1cc(NC(=O)C2CC3C=CC2C3)c(OC)cc1Cl. The maximum absolute atomic E-state index is 12.5. The fourth-order valence-corrected chi connectivity index (χ4v) is 3.50. The molecule has 0 aromatic heterocycles. The van der Waals surface area contributed by atoms with Gasteiger partial charge >= 0.3 is 0 Å².